The van der Waals surface area contributed by atoms with Gasteiger partial charge in [0.05, 0.1) is 43.3 Å². The number of nitrogens with zero attached hydrogens (tertiary/aromatic N) is 3. The monoisotopic (exact) mass is 1360 g/mol. The third-order valence-corrected chi connectivity index (χ3v) is 21.3. The van der Waals surface area contributed by atoms with Crippen molar-refractivity contribution in [1.82, 2.24) is 36.2 Å². The highest BCUT2D eigenvalue weighted by molar-refractivity contribution is 7.85. The Hall–Kier alpha value is -6.75. The van der Waals surface area contributed by atoms with Gasteiger partial charge in [-0.25, -0.2) is 17.9 Å². The van der Waals surface area contributed by atoms with E-state index in [-0.39, 0.29) is 154 Å². The van der Waals surface area contributed by atoms with Crippen LogP contribution in [0.4, 0.5) is 8.63 Å². The number of benzene rings is 1. The number of imide groups is 1. The summed E-state index contributed by atoms with van der Waals surface area (Å²) in [6.45, 7) is 5.55. The van der Waals surface area contributed by atoms with Gasteiger partial charge in [0.15, 0.2) is 11.4 Å². The van der Waals surface area contributed by atoms with Gasteiger partial charge < -0.3 is 60.1 Å². The molecular weight excluding hydrogens is 1300 g/mol. The van der Waals surface area contributed by atoms with E-state index in [4.69, 9.17) is 4.84 Å². The largest absolute Gasteiger partial charge is 0.934 e. The molecule has 3 aliphatic rings. The van der Waals surface area contributed by atoms with E-state index in [1.165, 1.54) is 38.1 Å². The molecule has 0 radical (unpaired) electrons. The van der Waals surface area contributed by atoms with Crippen LogP contribution in [0.15, 0.2) is 47.7 Å². The van der Waals surface area contributed by atoms with Gasteiger partial charge in [0.2, 0.25) is 17.7 Å². The predicted molar refractivity (Wildman–Crippen MR) is 320 cm³/mol. The number of thiophene rings is 2. The lowest BCUT2D eigenvalue weighted by Gasteiger charge is -2.23. The highest BCUT2D eigenvalue weighted by atomic mass is 32.2. The molecule has 1 saturated heterocycles. The molecule has 4 aromatic rings. The quantitative estimate of drug-likeness (QED) is 0.0357. The summed E-state index contributed by atoms with van der Waals surface area (Å²) in [7, 11) is -17.1. The summed E-state index contributed by atoms with van der Waals surface area (Å²) < 4.78 is 116. The van der Waals surface area contributed by atoms with Crippen LogP contribution < -0.4 is 35.8 Å². The summed E-state index contributed by atoms with van der Waals surface area (Å²) in [4.78, 5) is 153. The first-order valence-electron chi connectivity index (χ1n) is 27.2. The average Bonchev–Trinajstić information content (AvgIpc) is 1.59. The van der Waals surface area contributed by atoms with Crippen molar-refractivity contribution in [3.05, 3.63) is 91.8 Å². The molecule has 0 aliphatic carbocycles. The molecule has 7 amide bonds. The number of carbonyl (C=O) groups excluding carboxylic acids is 8. The van der Waals surface area contributed by atoms with Crippen molar-refractivity contribution in [2.75, 3.05) is 31.1 Å². The van der Waals surface area contributed by atoms with Gasteiger partial charge in [-0.3, -0.25) is 51.5 Å². The second-order valence-corrected chi connectivity index (χ2v) is 29.1. The Morgan fingerprint density at radius 3 is 1.82 bits per heavy atom. The maximum Gasteiger partial charge on any atom is 0.934 e. The number of hydroxylamine groups is 2. The predicted octanol–water partition coefficient (Wildman–Crippen LogP) is 1.96. The number of allylic oxidation sites excluding steroid dienone is 2. The van der Waals surface area contributed by atoms with E-state index in [9.17, 15) is 88.8 Å². The molecule has 7 rings (SSSR count). The van der Waals surface area contributed by atoms with E-state index in [1.54, 1.807) is 25.5 Å². The van der Waals surface area contributed by atoms with Crippen LogP contribution in [0.25, 0.3) is 21.6 Å². The van der Waals surface area contributed by atoms with Crippen molar-refractivity contribution < 1.29 is 107 Å². The van der Waals surface area contributed by atoms with Crippen molar-refractivity contribution in [3.8, 4) is 10.4 Å². The molecule has 3 unspecified atom stereocenters. The summed E-state index contributed by atoms with van der Waals surface area (Å²) in [6.07, 6.45) is 0.331. The maximum absolute atomic E-state index is 16.2. The molecule has 10 N–H and O–H groups in total. The average molecular weight is 1360 g/mol. The van der Waals surface area contributed by atoms with Crippen molar-refractivity contribution >= 4 is 140 Å². The van der Waals surface area contributed by atoms with E-state index >= 15 is 8.63 Å². The highest BCUT2D eigenvalue weighted by Crippen LogP contribution is 2.49. The molecule has 6 heterocycles. The molecule has 480 valence electrons. The molecule has 0 spiro atoms. The number of rotatable bonds is 10. The summed E-state index contributed by atoms with van der Waals surface area (Å²) in [5.74, 6) is -10.0. The zero-order valence-electron chi connectivity index (χ0n) is 48.1. The smallest absolute Gasteiger partial charge is 0.772 e. The highest BCUT2D eigenvalue weighted by Gasteiger charge is 2.49. The Balaban J connectivity index is 1.38. The second-order valence-electron chi connectivity index (χ2n) is 20.8. The van der Waals surface area contributed by atoms with Crippen LogP contribution in [-0.4, -0.2) is 159 Å². The van der Waals surface area contributed by atoms with E-state index in [1.807, 2.05) is 0 Å². The number of nitrogens with one attached hydrogen (secondary N) is 5. The summed E-state index contributed by atoms with van der Waals surface area (Å²) in [5.41, 5.74) is -0.146. The minimum Gasteiger partial charge on any atom is -0.772 e. The van der Waals surface area contributed by atoms with Crippen LogP contribution in [0.2, 0.25) is 0 Å². The fourth-order valence-electron chi connectivity index (χ4n) is 10.3. The van der Waals surface area contributed by atoms with Crippen LogP contribution in [0.3, 0.4) is 0 Å². The molecule has 89 heavy (non-hydrogen) atoms. The number of fused-ring (bicyclic) bond motifs is 7. The van der Waals surface area contributed by atoms with Crippen LogP contribution in [0.5, 0.6) is 0 Å². The van der Waals surface area contributed by atoms with Gasteiger partial charge in [0.25, 0.3) is 33.7 Å². The topological polar surface area (TPSA) is 427 Å². The lowest BCUT2D eigenvalue weighted by molar-refractivity contribution is -0.343. The van der Waals surface area contributed by atoms with Gasteiger partial charge in [-0.2, -0.15) is 8.42 Å². The Morgan fingerprint density at radius 2 is 1.29 bits per heavy atom. The molecule has 1 aromatic carbocycles. The zero-order chi connectivity index (χ0) is 65.8. The summed E-state index contributed by atoms with van der Waals surface area (Å²) >= 11 is -1.92. The molecule has 1 fully saturated rings. The van der Waals surface area contributed by atoms with Crippen molar-refractivity contribution in [2.24, 2.45) is 7.05 Å². The van der Waals surface area contributed by atoms with Gasteiger partial charge in [0.1, 0.15) is 27.1 Å². The fraction of sp³-hybridized carbons (Fsp3) is 0.404. The first kappa shape index (κ1) is 69.7. The molecule has 3 aliphatic heterocycles. The molecule has 4 bridgehead atoms. The van der Waals surface area contributed by atoms with E-state index in [0.29, 0.717) is 37.9 Å². The Kier molecular flexibility index (Phi) is 22.4. The number of hydrogen-bond acceptors (Lipinski definition) is 17. The first-order valence-corrected chi connectivity index (χ1v) is 34.9. The molecule has 37 heteroatoms. The van der Waals surface area contributed by atoms with E-state index in [2.05, 4.69) is 26.6 Å². The molecular formula is C52H61BF2N8O20P2S4. The van der Waals surface area contributed by atoms with Gasteiger partial charge in [-0.05, 0) is 88.3 Å². The number of carbonyl (C=O) groups is 8. The number of aromatic nitrogens is 1. The number of amides is 7. The summed E-state index contributed by atoms with van der Waals surface area (Å²) in [6, 6.07) is 3.28. The molecule has 3 aromatic heterocycles. The van der Waals surface area contributed by atoms with Gasteiger partial charge >= 0.3 is 28.6 Å². The first-order chi connectivity index (χ1) is 41.6. The van der Waals surface area contributed by atoms with Gasteiger partial charge in [-0.15, -0.1) is 27.7 Å². The molecule has 3 atom stereocenters. The molecule has 0 saturated carbocycles. The Labute approximate surface area is 518 Å². The standard InChI is InChI=1S/C52H61BF2N8O20P2S4/c1-26-41-28(3)61(5)44(26)43(30-13-15-31(16-14-30)52(71)83-63-37(65)17-18-38(63)66)45-27(2)42(29(4)62(45)53(54)55)47-33(23-40(87-47)85(75,76)77)49(68)57-20-10-7-11-21-58-50(69)34(24-88(78)79)60-51(70)35(25-89(80,81)82)59-36(64)12-8-6-9-19-56-48(67)32-22-39(84(72,73)74)86-46(32)41/h13-16,22-23,34-35H,6-12,17-21,24-25H2,1-5H3,(H10-,56,57,58,59,60,64,67,68,69,70,72,73,74,75,76,77,78,79,80,81,82). The Bertz CT molecular complexity index is 3890. The lowest BCUT2D eigenvalue weighted by atomic mass is 9.91. The lowest BCUT2D eigenvalue weighted by Crippen LogP contribution is -2.57. The molecule has 28 nitrogen and oxygen atoms in total. The fourth-order valence-corrected chi connectivity index (χ4v) is 15.7. The van der Waals surface area contributed by atoms with Gasteiger partial charge in [0, 0.05) is 75.5 Å². The van der Waals surface area contributed by atoms with E-state index in [0.717, 1.165) is 12.1 Å². The van der Waals surface area contributed by atoms with Crippen molar-refractivity contribution in [1.29, 1.82) is 0 Å². The number of halogens is 2. The Morgan fingerprint density at radius 1 is 0.764 bits per heavy atom. The van der Waals surface area contributed by atoms with E-state index < -0.39 is 124 Å². The minimum atomic E-state index is -5.17. The maximum atomic E-state index is 16.2. The zero-order valence-corrected chi connectivity index (χ0v) is 53.1. The SMILES string of the molecule is CC1=C2C(C)=[N+](B(F)F)/C1=C(/c1ccc(C(=O)ON3C(=O)CCC3=O)cc1)c1c(C)c(c(C)n1C)-c1sc(P(=O)(O)O)cc1C(=O)NCCCCCC(=O)NC(CS(=O)(=O)O)C(=O)NC(CS(=O)[O-])C(=O)NCCCCCNC(=O)c1cc(P(=O)(O)O)sc12. The van der Waals surface area contributed by atoms with Crippen molar-refractivity contribution in [2.45, 2.75) is 97.6 Å². The second kappa shape index (κ2) is 28.6. The minimum absolute atomic E-state index is 0.00829. The van der Waals surface area contributed by atoms with Gasteiger partial charge in [-0.1, -0.05) is 29.6 Å². The summed E-state index contributed by atoms with van der Waals surface area (Å²) in [5, 5.41) is 12.4. The third-order valence-electron chi connectivity index (χ3n) is 14.6. The third kappa shape index (κ3) is 16.4. The van der Waals surface area contributed by atoms with Crippen LogP contribution >= 0.6 is 37.9 Å². The normalized spacial score (nSPS) is 20.1. The number of hydrogen-bond donors (Lipinski definition) is 10. The van der Waals surface area contributed by atoms with Crippen LogP contribution in [0, 0.1) is 13.8 Å². The van der Waals surface area contributed by atoms with Crippen LogP contribution in [0.1, 0.15) is 130 Å². The van der Waals surface area contributed by atoms with Crippen molar-refractivity contribution in [3.63, 3.8) is 0 Å². The van der Waals surface area contributed by atoms with Crippen LogP contribution in [-0.2, 0) is 66.2 Å².